The zero-order valence-corrected chi connectivity index (χ0v) is 24.0. The van der Waals surface area contributed by atoms with Crippen molar-refractivity contribution in [2.45, 2.75) is 19.6 Å². The van der Waals surface area contributed by atoms with Gasteiger partial charge in [0.1, 0.15) is 16.3 Å². The van der Waals surface area contributed by atoms with Crippen LogP contribution in [-0.4, -0.2) is 33.8 Å². The molecule has 0 aliphatic carbocycles. The van der Waals surface area contributed by atoms with Gasteiger partial charge in [-0.15, -0.1) is 23.2 Å². The molecule has 0 saturated heterocycles. The van der Waals surface area contributed by atoms with Gasteiger partial charge in [0, 0.05) is 10.3 Å². The Kier molecular flexibility index (Phi) is 11.7. The number of hydrogen-bond acceptors (Lipinski definition) is 19. The Balaban J connectivity index is 1.71. The molecule has 0 radical (unpaired) electrons. The van der Waals surface area contributed by atoms with Crippen LogP contribution in [0, 0.1) is 0 Å². The summed E-state index contributed by atoms with van der Waals surface area (Å²) in [6.07, 6.45) is 0. The highest BCUT2D eigenvalue weighted by Gasteiger charge is 2.20. The molecule has 21 heteroatoms. The maximum absolute atomic E-state index is 12.2. The van der Waals surface area contributed by atoms with Crippen LogP contribution in [0.2, 0.25) is 0 Å². The van der Waals surface area contributed by atoms with Gasteiger partial charge in [-0.25, -0.2) is 15.8 Å². The minimum atomic E-state index is -4.85. The molecule has 0 saturated carbocycles. The molecule has 0 unspecified atom stereocenters. The Hall–Kier alpha value is -3.26. The van der Waals surface area contributed by atoms with Gasteiger partial charge in [-0.05, 0) is 60.0 Å². The van der Waals surface area contributed by atoms with Gasteiger partial charge in [0.05, 0.1) is 57.3 Å². The van der Waals surface area contributed by atoms with Crippen molar-refractivity contribution in [3.8, 4) is 5.75 Å². The highest BCUT2D eigenvalue weighted by molar-refractivity contribution is 7.95. The Morgan fingerprint density at radius 2 is 1.30 bits per heavy atom. The molecular formula is C22H16N4O13S4. The Bertz CT molecular complexity index is 1740. The van der Waals surface area contributed by atoms with Crippen LogP contribution >= 0.6 is 36.1 Å². The lowest BCUT2D eigenvalue weighted by Gasteiger charge is -2.11. The molecule has 0 fully saturated rings. The van der Waals surface area contributed by atoms with Crippen LogP contribution in [0.4, 0.5) is 22.7 Å². The Morgan fingerprint density at radius 1 is 0.674 bits per heavy atom. The van der Waals surface area contributed by atoms with Crippen LogP contribution in [-0.2, 0) is 38.2 Å². The number of aromatic hydroxyl groups is 1. The molecule has 17 nitrogen and oxygen atoms in total. The van der Waals surface area contributed by atoms with Crippen molar-refractivity contribution >= 4 is 79.8 Å². The van der Waals surface area contributed by atoms with Crippen molar-refractivity contribution in [3.63, 3.8) is 0 Å². The molecule has 43 heavy (non-hydrogen) atoms. The lowest BCUT2D eigenvalue weighted by atomic mass is 10.1. The molecule has 226 valence electrons. The molecule has 0 aromatic heterocycles. The zero-order chi connectivity index (χ0) is 30.8. The van der Waals surface area contributed by atoms with Gasteiger partial charge < -0.3 is 5.11 Å². The molecule has 0 atom stereocenters. The number of rotatable bonds is 14. The summed E-state index contributed by atoms with van der Waals surface area (Å²) in [5, 5.41) is 63.7. The molecule has 4 aromatic carbocycles. The van der Waals surface area contributed by atoms with Gasteiger partial charge in [-0.2, -0.15) is 18.6 Å². The second-order valence-corrected chi connectivity index (χ2v) is 11.3. The quantitative estimate of drug-likeness (QED) is 0.0281. The number of hydrogen-bond donors (Lipinski definition) is 5. The Morgan fingerprint density at radius 3 is 1.98 bits per heavy atom. The number of nitrogens with zero attached hydrogens (tertiary/aromatic N) is 4. The van der Waals surface area contributed by atoms with Gasteiger partial charge in [0.25, 0.3) is 10.1 Å². The van der Waals surface area contributed by atoms with E-state index in [-0.39, 0.29) is 32.2 Å². The second-order valence-electron chi connectivity index (χ2n) is 7.62. The summed E-state index contributed by atoms with van der Waals surface area (Å²) in [6.45, 7) is 0. The van der Waals surface area contributed by atoms with E-state index in [0.717, 1.165) is 18.1 Å². The fourth-order valence-electron chi connectivity index (χ4n) is 3.40. The average Bonchev–Trinajstić information content (AvgIpc) is 3.00. The van der Waals surface area contributed by atoms with Crippen LogP contribution in [0.3, 0.4) is 0 Å². The Labute approximate surface area is 253 Å². The van der Waals surface area contributed by atoms with Gasteiger partial charge >= 0.3 is 0 Å². The number of fused-ring (bicyclic) bond motifs is 1. The van der Waals surface area contributed by atoms with E-state index in [1.807, 2.05) is 0 Å². The zero-order valence-electron chi connectivity index (χ0n) is 20.8. The van der Waals surface area contributed by atoms with Crippen LogP contribution in [0.15, 0.2) is 107 Å². The van der Waals surface area contributed by atoms with Crippen molar-refractivity contribution in [2.75, 3.05) is 0 Å². The molecular weight excluding hydrogens is 657 g/mol. The lowest BCUT2D eigenvalue weighted by molar-refractivity contribution is -0.432. The van der Waals surface area contributed by atoms with Crippen LogP contribution in [0.1, 0.15) is 0 Å². The van der Waals surface area contributed by atoms with E-state index in [1.54, 1.807) is 36.4 Å². The van der Waals surface area contributed by atoms with Crippen molar-refractivity contribution in [3.05, 3.63) is 66.7 Å². The van der Waals surface area contributed by atoms with Gasteiger partial charge in [-0.3, -0.25) is 4.55 Å². The van der Waals surface area contributed by atoms with Gasteiger partial charge in [0.2, 0.25) is 0 Å². The van der Waals surface area contributed by atoms with Crippen molar-refractivity contribution in [1.29, 1.82) is 0 Å². The summed E-state index contributed by atoms with van der Waals surface area (Å²) in [7, 11) is -4.85. The summed E-state index contributed by atoms with van der Waals surface area (Å²) < 4.78 is 47.5. The van der Waals surface area contributed by atoms with E-state index >= 15 is 0 Å². The minimum Gasteiger partial charge on any atom is -0.505 e. The molecule has 0 amide bonds. The van der Waals surface area contributed by atoms with E-state index in [9.17, 15) is 18.1 Å². The topological polar surface area (TPSA) is 240 Å². The number of azo groups is 2. The maximum Gasteiger partial charge on any atom is 0.296 e. The van der Waals surface area contributed by atoms with Gasteiger partial charge in [0.15, 0.2) is 5.75 Å². The monoisotopic (exact) mass is 672 g/mol. The first kappa shape index (κ1) is 32.6. The second kappa shape index (κ2) is 15.5. The minimum absolute atomic E-state index is 0.0353. The SMILES string of the molecule is O=S(=O)(O)c1cc(/N=N/c2ccc(SOOO)cc2)ccc1/N=N/c1c(SOOO)cc2cccc(SOOO)c2c1O. The third-order valence-corrected chi connectivity index (χ3v) is 7.85. The fourth-order valence-corrected chi connectivity index (χ4v) is 5.43. The van der Waals surface area contributed by atoms with E-state index in [2.05, 4.69) is 48.6 Å². The van der Waals surface area contributed by atoms with Gasteiger partial charge in [-0.1, -0.05) is 27.2 Å². The molecule has 0 aliphatic rings. The first-order valence-electron chi connectivity index (χ1n) is 11.0. The summed E-state index contributed by atoms with van der Waals surface area (Å²) >= 11 is 1.75. The number of phenols is 1. The third-order valence-electron chi connectivity index (χ3n) is 5.11. The molecule has 0 bridgehead atoms. The highest BCUT2D eigenvalue weighted by Crippen LogP contribution is 2.47. The standard InChI is InChI=1S/C22H16N4O13S4/c27-22-20-12(2-1-3-17(20)41-38-35-29)10-18(42-39-36-30)21(22)26-25-16-9-6-14(11-19(16)43(31,32)33)24-23-13-4-7-15(8-5-13)40-37-34-28/h1-11,27-30H,(H,31,32,33)/b24-23+,26-25+. The highest BCUT2D eigenvalue weighted by atomic mass is 32.2. The largest absolute Gasteiger partial charge is 0.505 e. The summed E-state index contributed by atoms with van der Waals surface area (Å²) in [6, 6.07) is 16.1. The summed E-state index contributed by atoms with van der Waals surface area (Å²) in [4.78, 5) is 0.261. The summed E-state index contributed by atoms with van der Waals surface area (Å²) in [5.41, 5.74) is -0.169. The van der Waals surface area contributed by atoms with E-state index in [4.69, 9.17) is 15.8 Å². The van der Waals surface area contributed by atoms with Crippen molar-refractivity contribution in [1.82, 2.24) is 0 Å². The predicted octanol–water partition coefficient (Wildman–Crippen LogP) is 7.91. The maximum atomic E-state index is 12.2. The van der Waals surface area contributed by atoms with E-state index in [1.165, 1.54) is 24.3 Å². The van der Waals surface area contributed by atoms with Crippen molar-refractivity contribution < 1.29 is 62.0 Å². The fraction of sp³-hybridized carbons (Fsp3) is 0. The van der Waals surface area contributed by atoms with Crippen LogP contribution in [0.5, 0.6) is 5.75 Å². The smallest absolute Gasteiger partial charge is 0.296 e. The lowest BCUT2D eigenvalue weighted by Crippen LogP contribution is -1.98. The van der Waals surface area contributed by atoms with Crippen LogP contribution in [0.25, 0.3) is 10.8 Å². The first-order chi connectivity index (χ1) is 20.7. The normalized spacial score (nSPS) is 12.2. The average molecular weight is 673 g/mol. The number of benzene rings is 4. The van der Waals surface area contributed by atoms with E-state index < -0.39 is 20.8 Å². The molecule has 4 aromatic rings. The molecule has 0 aliphatic heterocycles. The summed E-state index contributed by atoms with van der Waals surface area (Å²) in [5.74, 6) is -0.478. The van der Waals surface area contributed by atoms with E-state index in [0.29, 0.717) is 40.1 Å². The van der Waals surface area contributed by atoms with Crippen LogP contribution < -0.4 is 0 Å². The third kappa shape index (κ3) is 8.65. The number of phenolic OH excluding ortho intramolecular Hbond substituents is 1. The molecule has 0 heterocycles. The molecule has 0 spiro atoms. The van der Waals surface area contributed by atoms with Crippen molar-refractivity contribution in [2.24, 2.45) is 20.5 Å². The first-order valence-corrected chi connectivity index (χ1v) is 14.7. The molecule has 4 rings (SSSR count). The predicted molar refractivity (Wildman–Crippen MR) is 149 cm³/mol. The molecule has 5 N–H and O–H groups in total.